The summed E-state index contributed by atoms with van der Waals surface area (Å²) in [5, 5.41) is 12.4. The zero-order chi connectivity index (χ0) is 13.6. The van der Waals surface area contributed by atoms with Crippen molar-refractivity contribution in [3.05, 3.63) is 29.3 Å². The average Bonchev–Trinajstić information content (AvgIpc) is 2.32. The topological polar surface area (TPSA) is 35.8 Å². The molecule has 3 heteroatoms. The molecule has 0 saturated heterocycles. The second kappa shape index (κ2) is 6.82. The van der Waals surface area contributed by atoms with E-state index in [0.29, 0.717) is 0 Å². The molecule has 0 heterocycles. The molecule has 1 unspecified atom stereocenters. The third kappa shape index (κ3) is 4.36. The first kappa shape index (κ1) is 15.1. The molecule has 0 spiro atoms. The van der Waals surface area contributed by atoms with Crippen LogP contribution in [-0.2, 0) is 0 Å². The van der Waals surface area contributed by atoms with Crippen molar-refractivity contribution < 1.29 is 0 Å². The molecular formula is C15H22N2S. The molecule has 0 aliphatic carbocycles. The fourth-order valence-electron chi connectivity index (χ4n) is 1.90. The minimum absolute atomic E-state index is 0.402. The summed E-state index contributed by atoms with van der Waals surface area (Å²) in [5.74, 6) is 0.959. The largest absolute Gasteiger partial charge is 0.300 e. The molecule has 1 rings (SSSR count). The molecule has 0 fully saturated rings. The second-order valence-corrected chi connectivity index (χ2v) is 5.98. The van der Waals surface area contributed by atoms with Gasteiger partial charge < -0.3 is 0 Å². The summed E-state index contributed by atoms with van der Waals surface area (Å²) < 4.78 is 0. The van der Waals surface area contributed by atoms with Crippen molar-refractivity contribution in [2.24, 2.45) is 0 Å². The zero-order valence-electron chi connectivity index (χ0n) is 11.7. The molecule has 0 aliphatic heterocycles. The summed E-state index contributed by atoms with van der Waals surface area (Å²) in [5.41, 5.74) is 2.22. The van der Waals surface area contributed by atoms with E-state index in [9.17, 15) is 5.26 Å². The molecule has 1 aromatic carbocycles. The van der Waals surface area contributed by atoms with E-state index in [1.54, 1.807) is 0 Å². The molecule has 0 saturated carbocycles. The first-order valence-electron chi connectivity index (χ1n) is 6.37. The van der Waals surface area contributed by atoms with E-state index < -0.39 is 5.54 Å². The van der Waals surface area contributed by atoms with Crippen LogP contribution in [0.15, 0.2) is 23.1 Å². The van der Waals surface area contributed by atoms with Gasteiger partial charge in [0.15, 0.2) is 0 Å². The van der Waals surface area contributed by atoms with Crippen LogP contribution in [0.3, 0.4) is 0 Å². The second-order valence-electron chi connectivity index (χ2n) is 4.84. The molecule has 1 atom stereocenters. The predicted octanol–water partition coefficient (Wildman–Crippen LogP) is 3.68. The summed E-state index contributed by atoms with van der Waals surface area (Å²) in [4.78, 5) is 1.32. The average molecular weight is 262 g/mol. The van der Waals surface area contributed by atoms with Crippen LogP contribution in [-0.4, -0.2) is 17.8 Å². The Labute approximate surface area is 115 Å². The van der Waals surface area contributed by atoms with E-state index in [-0.39, 0.29) is 0 Å². The normalized spacial score (nSPS) is 13.9. The molecule has 0 aliphatic rings. The molecule has 2 nitrogen and oxygen atoms in total. The number of nitriles is 1. The third-order valence-corrected chi connectivity index (χ3v) is 4.18. The van der Waals surface area contributed by atoms with Crippen LogP contribution in [0.1, 0.15) is 31.4 Å². The monoisotopic (exact) mass is 262 g/mol. The van der Waals surface area contributed by atoms with E-state index in [1.165, 1.54) is 16.0 Å². The maximum absolute atomic E-state index is 9.18. The van der Waals surface area contributed by atoms with Gasteiger partial charge in [0.25, 0.3) is 0 Å². The SMILES string of the molecule is CCNC(C)(C#N)CCSc1ccc(C)cc1C. The number of benzene rings is 1. The Morgan fingerprint density at radius 3 is 2.67 bits per heavy atom. The highest BCUT2D eigenvalue weighted by molar-refractivity contribution is 7.99. The van der Waals surface area contributed by atoms with Crippen molar-refractivity contribution >= 4 is 11.8 Å². The highest BCUT2D eigenvalue weighted by atomic mass is 32.2. The van der Waals surface area contributed by atoms with Gasteiger partial charge in [-0.2, -0.15) is 5.26 Å². The van der Waals surface area contributed by atoms with E-state index in [1.807, 2.05) is 25.6 Å². The first-order valence-corrected chi connectivity index (χ1v) is 7.35. The molecule has 0 amide bonds. The predicted molar refractivity (Wildman–Crippen MR) is 79.0 cm³/mol. The van der Waals surface area contributed by atoms with Gasteiger partial charge in [-0.25, -0.2) is 0 Å². The Morgan fingerprint density at radius 2 is 2.11 bits per heavy atom. The molecule has 0 radical (unpaired) electrons. The molecular weight excluding hydrogens is 240 g/mol. The number of nitrogens with zero attached hydrogens (tertiary/aromatic N) is 1. The fraction of sp³-hybridized carbons (Fsp3) is 0.533. The van der Waals surface area contributed by atoms with Gasteiger partial charge in [0.2, 0.25) is 0 Å². The standard InChI is InChI=1S/C15H22N2S/c1-5-17-15(4,11-16)8-9-18-14-7-6-12(2)10-13(14)3/h6-7,10,17H,5,8-9H2,1-4H3. The van der Waals surface area contributed by atoms with Gasteiger partial charge in [-0.1, -0.05) is 24.6 Å². The van der Waals surface area contributed by atoms with Gasteiger partial charge in [0, 0.05) is 10.6 Å². The molecule has 0 aromatic heterocycles. The maximum atomic E-state index is 9.18. The van der Waals surface area contributed by atoms with Crippen LogP contribution in [0, 0.1) is 25.2 Å². The van der Waals surface area contributed by atoms with Gasteiger partial charge in [-0.15, -0.1) is 11.8 Å². The fourth-order valence-corrected chi connectivity index (χ4v) is 3.08. The molecule has 98 valence electrons. The summed E-state index contributed by atoms with van der Waals surface area (Å²) in [6, 6.07) is 8.88. The van der Waals surface area contributed by atoms with Crippen molar-refractivity contribution in [2.75, 3.05) is 12.3 Å². The van der Waals surface area contributed by atoms with Crippen molar-refractivity contribution in [2.45, 2.75) is 44.6 Å². The van der Waals surface area contributed by atoms with Gasteiger partial charge in [0.05, 0.1) is 6.07 Å². The van der Waals surface area contributed by atoms with Gasteiger partial charge >= 0.3 is 0 Å². The third-order valence-electron chi connectivity index (χ3n) is 3.00. The van der Waals surface area contributed by atoms with Gasteiger partial charge in [-0.3, -0.25) is 5.32 Å². The summed E-state index contributed by atoms with van der Waals surface area (Å²) in [6.45, 7) is 9.09. The van der Waals surface area contributed by atoms with Crippen molar-refractivity contribution in [3.8, 4) is 6.07 Å². The number of hydrogen-bond donors (Lipinski definition) is 1. The number of thioether (sulfide) groups is 1. The number of aryl methyl sites for hydroxylation is 2. The number of nitrogens with one attached hydrogen (secondary N) is 1. The lowest BCUT2D eigenvalue weighted by Gasteiger charge is -2.22. The Kier molecular flexibility index (Phi) is 5.71. The molecule has 1 aromatic rings. The number of rotatable bonds is 6. The Balaban J connectivity index is 2.53. The maximum Gasteiger partial charge on any atom is 0.104 e. The van der Waals surface area contributed by atoms with Crippen molar-refractivity contribution in [1.82, 2.24) is 5.32 Å². The quantitative estimate of drug-likeness (QED) is 0.794. The van der Waals surface area contributed by atoms with Gasteiger partial charge in [0.1, 0.15) is 5.54 Å². The van der Waals surface area contributed by atoms with Crippen LogP contribution in [0.2, 0.25) is 0 Å². The smallest absolute Gasteiger partial charge is 0.104 e. The van der Waals surface area contributed by atoms with E-state index >= 15 is 0 Å². The Hall–Kier alpha value is -0.980. The minimum Gasteiger partial charge on any atom is -0.300 e. The van der Waals surface area contributed by atoms with E-state index in [0.717, 1.165) is 18.7 Å². The first-order chi connectivity index (χ1) is 8.50. The lowest BCUT2D eigenvalue weighted by molar-refractivity contribution is 0.450. The summed E-state index contributed by atoms with van der Waals surface area (Å²) in [7, 11) is 0. The van der Waals surface area contributed by atoms with Crippen LogP contribution in [0.5, 0.6) is 0 Å². The highest BCUT2D eigenvalue weighted by Crippen LogP contribution is 2.25. The lowest BCUT2D eigenvalue weighted by atomic mass is 10.0. The van der Waals surface area contributed by atoms with E-state index in [4.69, 9.17) is 0 Å². The van der Waals surface area contributed by atoms with Crippen molar-refractivity contribution in [1.29, 1.82) is 5.26 Å². The lowest BCUT2D eigenvalue weighted by Crippen LogP contribution is -2.41. The molecule has 18 heavy (non-hydrogen) atoms. The summed E-state index contributed by atoms with van der Waals surface area (Å²) >= 11 is 1.83. The zero-order valence-corrected chi connectivity index (χ0v) is 12.5. The highest BCUT2D eigenvalue weighted by Gasteiger charge is 2.21. The van der Waals surface area contributed by atoms with E-state index in [2.05, 4.69) is 43.4 Å². The molecule has 1 N–H and O–H groups in total. The van der Waals surface area contributed by atoms with Crippen LogP contribution in [0.25, 0.3) is 0 Å². The number of hydrogen-bond acceptors (Lipinski definition) is 3. The molecule has 0 bridgehead atoms. The van der Waals surface area contributed by atoms with Gasteiger partial charge in [-0.05, 0) is 45.4 Å². The van der Waals surface area contributed by atoms with Crippen LogP contribution < -0.4 is 5.32 Å². The Bertz CT molecular complexity index is 437. The Morgan fingerprint density at radius 1 is 1.39 bits per heavy atom. The minimum atomic E-state index is -0.402. The van der Waals surface area contributed by atoms with Crippen molar-refractivity contribution in [3.63, 3.8) is 0 Å². The van der Waals surface area contributed by atoms with Crippen LogP contribution in [0.4, 0.5) is 0 Å². The van der Waals surface area contributed by atoms with Crippen LogP contribution >= 0.6 is 11.8 Å². The summed E-state index contributed by atoms with van der Waals surface area (Å²) in [6.07, 6.45) is 0.856.